The summed E-state index contributed by atoms with van der Waals surface area (Å²) in [7, 11) is 1.77. The van der Waals surface area contributed by atoms with Crippen LogP contribution in [0.4, 0.5) is 0 Å². The third-order valence-corrected chi connectivity index (χ3v) is 4.74. The van der Waals surface area contributed by atoms with Crippen molar-refractivity contribution in [1.82, 2.24) is 9.88 Å². The average Bonchev–Trinajstić information content (AvgIpc) is 2.95. The summed E-state index contributed by atoms with van der Waals surface area (Å²) in [5.41, 5.74) is 2.87. The molecule has 3 rings (SSSR count). The van der Waals surface area contributed by atoms with E-state index in [9.17, 15) is 4.79 Å². The number of amides is 1. The molecule has 0 aliphatic heterocycles. The maximum atomic E-state index is 12.5. The van der Waals surface area contributed by atoms with Gasteiger partial charge in [-0.2, -0.15) is 0 Å². The molecular formula is C18H16Cl2N2O. The molecule has 23 heavy (non-hydrogen) atoms. The van der Waals surface area contributed by atoms with E-state index in [1.807, 2.05) is 42.6 Å². The number of likely N-dealkylation sites (N-methyl/N-ethyl adjacent to an activating group) is 1. The van der Waals surface area contributed by atoms with Gasteiger partial charge in [-0.3, -0.25) is 4.79 Å². The molecule has 1 amide bonds. The number of hydrogen-bond donors (Lipinski definition) is 1. The number of rotatable bonds is 4. The number of aromatic nitrogens is 1. The zero-order valence-electron chi connectivity index (χ0n) is 12.6. The van der Waals surface area contributed by atoms with Crippen molar-refractivity contribution in [3.63, 3.8) is 0 Å². The monoisotopic (exact) mass is 346 g/mol. The van der Waals surface area contributed by atoms with E-state index in [2.05, 4.69) is 4.98 Å². The second-order valence-corrected chi connectivity index (χ2v) is 6.28. The second-order valence-electron chi connectivity index (χ2n) is 5.50. The van der Waals surface area contributed by atoms with E-state index in [1.165, 1.54) is 0 Å². The van der Waals surface area contributed by atoms with E-state index in [4.69, 9.17) is 23.2 Å². The summed E-state index contributed by atoms with van der Waals surface area (Å²) >= 11 is 12.2. The van der Waals surface area contributed by atoms with Gasteiger partial charge in [0, 0.05) is 30.7 Å². The topological polar surface area (TPSA) is 36.1 Å². The average molecular weight is 347 g/mol. The molecule has 0 saturated heterocycles. The van der Waals surface area contributed by atoms with Gasteiger partial charge in [0.2, 0.25) is 5.91 Å². The Hall–Kier alpha value is -1.97. The molecule has 0 unspecified atom stereocenters. The molecule has 1 aromatic heterocycles. The predicted molar refractivity (Wildman–Crippen MR) is 94.9 cm³/mol. The van der Waals surface area contributed by atoms with Crippen LogP contribution in [0.1, 0.15) is 11.1 Å². The summed E-state index contributed by atoms with van der Waals surface area (Å²) in [6, 6.07) is 13.4. The minimum absolute atomic E-state index is 0.0331. The van der Waals surface area contributed by atoms with Crippen LogP contribution in [-0.4, -0.2) is 22.8 Å². The zero-order chi connectivity index (χ0) is 16.4. The van der Waals surface area contributed by atoms with Crippen molar-refractivity contribution < 1.29 is 4.79 Å². The van der Waals surface area contributed by atoms with Gasteiger partial charge in [0.15, 0.2) is 0 Å². The van der Waals surface area contributed by atoms with Crippen LogP contribution in [0.2, 0.25) is 10.0 Å². The number of hydrogen-bond acceptors (Lipinski definition) is 1. The first kappa shape index (κ1) is 15.9. The minimum atomic E-state index is 0.0331. The van der Waals surface area contributed by atoms with E-state index in [0.717, 1.165) is 22.0 Å². The molecule has 0 aliphatic rings. The Morgan fingerprint density at radius 2 is 1.87 bits per heavy atom. The summed E-state index contributed by atoms with van der Waals surface area (Å²) < 4.78 is 0. The summed E-state index contributed by atoms with van der Waals surface area (Å²) in [5.74, 6) is 0.0331. The third-order valence-electron chi connectivity index (χ3n) is 3.88. The first-order valence-corrected chi connectivity index (χ1v) is 8.03. The Morgan fingerprint density at radius 3 is 2.70 bits per heavy atom. The van der Waals surface area contributed by atoms with E-state index in [-0.39, 0.29) is 5.91 Å². The van der Waals surface area contributed by atoms with Crippen LogP contribution in [0, 0.1) is 0 Å². The molecule has 0 bridgehead atoms. The smallest absolute Gasteiger partial charge is 0.227 e. The normalized spacial score (nSPS) is 10.9. The molecule has 2 aromatic carbocycles. The Morgan fingerprint density at radius 1 is 1.09 bits per heavy atom. The van der Waals surface area contributed by atoms with Crippen LogP contribution in [-0.2, 0) is 17.8 Å². The first-order chi connectivity index (χ1) is 11.1. The maximum absolute atomic E-state index is 12.5. The van der Waals surface area contributed by atoms with Crippen LogP contribution >= 0.6 is 23.2 Å². The van der Waals surface area contributed by atoms with Gasteiger partial charge < -0.3 is 9.88 Å². The van der Waals surface area contributed by atoms with Gasteiger partial charge in [0.05, 0.1) is 16.5 Å². The van der Waals surface area contributed by atoms with Crippen LogP contribution in [0.5, 0.6) is 0 Å². The SMILES string of the molecule is CN(Cc1cccc(Cl)c1Cl)C(=O)Cc1c[nH]c2ccccc12. The van der Waals surface area contributed by atoms with Gasteiger partial charge in [0.1, 0.15) is 0 Å². The summed E-state index contributed by atoms with van der Waals surface area (Å²) in [5, 5.41) is 2.08. The molecule has 1 N–H and O–H groups in total. The number of nitrogens with zero attached hydrogens (tertiary/aromatic N) is 1. The van der Waals surface area contributed by atoms with Crippen LogP contribution < -0.4 is 0 Å². The number of halogens is 2. The lowest BCUT2D eigenvalue weighted by Crippen LogP contribution is -2.27. The maximum Gasteiger partial charge on any atom is 0.227 e. The molecule has 1 heterocycles. The lowest BCUT2D eigenvalue weighted by Gasteiger charge is -2.18. The number of carbonyl (C=O) groups is 1. The van der Waals surface area contributed by atoms with Gasteiger partial charge in [-0.25, -0.2) is 0 Å². The zero-order valence-corrected chi connectivity index (χ0v) is 14.2. The number of fused-ring (bicyclic) bond motifs is 1. The lowest BCUT2D eigenvalue weighted by molar-refractivity contribution is -0.129. The van der Waals surface area contributed by atoms with Crippen LogP contribution in [0.25, 0.3) is 10.9 Å². The summed E-state index contributed by atoms with van der Waals surface area (Å²) in [6.07, 6.45) is 2.24. The van der Waals surface area contributed by atoms with Crippen molar-refractivity contribution in [2.45, 2.75) is 13.0 Å². The third kappa shape index (κ3) is 3.36. The standard InChI is InChI=1S/C18H16Cl2N2O/c1-22(11-12-5-4-7-15(19)18(12)20)17(23)9-13-10-21-16-8-3-2-6-14(13)16/h2-8,10,21H,9,11H2,1H3. The highest BCUT2D eigenvalue weighted by Crippen LogP contribution is 2.26. The molecule has 0 aliphatic carbocycles. The molecular weight excluding hydrogens is 331 g/mol. The van der Waals surface area contributed by atoms with E-state index in [0.29, 0.717) is 23.0 Å². The fraction of sp³-hybridized carbons (Fsp3) is 0.167. The van der Waals surface area contributed by atoms with Crippen molar-refractivity contribution in [3.8, 4) is 0 Å². The molecule has 3 aromatic rings. The molecule has 0 spiro atoms. The highest BCUT2D eigenvalue weighted by molar-refractivity contribution is 6.42. The van der Waals surface area contributed by atoms with Crippen molar-refractivity contribution in [2.75, 3.05) is 7.05 Å². The Bertz CT molecular complexity index is 857. The van der Waals surface area contributed by atoms with Crippen LogP contribution in [0.3, 0.4) is 0 Å². The fourth-order valence-corrected chi connectivity index (χ4v) is 2.97. The van der Waals surface area contributed by atoms with E-state index < -0.39 is 0 Å². The van der Waals surface area contributed by atoms with Crippen LogP contribution in [0.15, 0.2) is 48.7 Å². The largest absolute Gasteiger partial charge is 0.361 e. The number of para-hydroxylation sites is 1. The molecule has 5 heteroatoms. The molecule has 0 fully saturated rings. The van der Waals surface area contributed by atoms with Gasteiger partial charge in [0.25, 0.3) is 0 Å². The Balaban J connectivity index is 1.74. The number of benzene rings is 2. The molecule has 0 radical (unpaired) electrons. The van der Waals surface area contributed by atoms with Crippen molar-refractivity contribution in [2.24, 2.45) is 0 Å². The fourth-order valence-electron chi connectivity index (χ4n) is 2.59. The number of nitrogens with one attached hydrogen (secondary N) is 1. The minimum Gasteiger partial charge on any atom is -0.361 e. The quantitative estimate of drug-likeness (QED) is 0.731. The highest BCUT2D eigenvalue weighted by Gasteiger charge is 2.15. The Labute approximate surface area is 144 Å². The highest BCUT2D eigenvalue weighted by atomic mass is 35.5. The van der Waals surface area contributed by atoms with Crippen molar-refractivity contribution in [1.29, 1.82) is 0 Å². The Kier molecular flexibility index (Phi) is 4.60. The number of aromatic amines is 1. The van der Waals surface area contributed by atoms with Crippen molar-refractivity contribution >= 4 is 40.0 Å². The molecule has 0 atom stereocenters. The number of H-pyrrole nitrogens is 1. The predicted octanol–water partition coefficient (Wildman–Crippen LogP) is 4.68. The molecule has 118 valence electrons. The first-order valence-electron chi connectivity index (χ1n) is 7.28. The summed E-state index contributed by atoms with van der Waals surface area (Å²) in [6.45, 7) is 0.431. The summed E-state index contributed by atoms with van der Waals surface area (Å²) in [4.78, 5) is 17.3. The molecule has 0 saturated carbocycles. The van der Waals surface area contributed by atoms with Gasteiger partial charge in [-0.1, -0.05) is 53.5 Å². The molecule has 3 nitrogen and oxygen atoms in total. The lowest BCUT2D eigenvalue weighted by atomic mass is 10.1. The number of carbonyl (C=O) groups excluding carboxylic acids is 1. The van der Waals surface area contributed by atoms with Gasteiger partial charge in [-0.05, 0) is 23.3 Å². The van der Waals surface area contributed by atoms with E-state index >= 15 is 0 Å². The van der Waals surface area contributed by atoms with Gasteiger partial charge in [-0.15, -0.1) is 0 Å². The van der Waals surface area contributed by atoms with Gasteiger partial charge >= 0.3 is 0 Å². The van der Waals surface area contributed by atoms with E-state index in [1.54, 1.807) is 18.0 Å². The second kappa shape index (κ2) is 6.65. The van der Waals surface area contributed by atoms with Crippen molar-refractivity contribution in [3.05, 3.63) is 69.8 Å².